The summed E-state index contributed by atoms with van der Waals surface area (Å²) in [6.07, 6.45) is 51.9. The number of hydrogen-bond donors (Lipinski definition) is 4. The van der Waals surface area contributed by atoms with Crippen LogP contribution >= 0.6 is 0 Å². The number of unbranched alkanes of at least 4 members (excludes halogenated alkanes) is 31. The minimum atomic E-state index is -1.09. The highest BCUT2D eigenvalue weighted by atomic mass is 16.3. The van der Waals surface area contributed by atoms with E-state index in [0.717, 1.165) is 44.9 Å². The fraction of sp³-hybridized carbons (Fsp3) is 0.894. The number of aliphatic hydroxyl groups is 3. The van der Waals surface area contributed by atoms with Gasteiger partial charge in [0.15, 0.2) is 0 Å². The summed E-state index contributed by atoms with van der Waals surface area (Å²) in [6, 6.07) is -0.717. The van der Waals surface area contributed by atoms with E-state index in [1.54, 1.807) is 0 Å². The Bertz CT molecular complexity index is 768. The molecule has 3 unspecified atom stereocenters. The first-order chi connectivity index (χ1) is 25.6. The topological polar surface area (TPSA) is 89.8 Å². The molecule has 0 spiro atoms. The van der Waals surface area contributed by atoms with Crippen LogP contribution in [0.1, 0.15) is 245 Å². The van der Waals surface area contributed by atoms with Gasteiger partial charge in [-0.1, -0.05) is 231 Å². The van der Waals surface area contributed by atoms with E-state index in [1.807, 2.05) is 0 Å². The van der Waals surface area contributed by atoms with E-state index in [2.05, 4.69) is 43.5 Å². The Kier molecular flexibility index (Phi) is 41.6. The van der Waals surface area contributed by atoms with Gasteiger partial charge in [0, 0.05) is 0 Å². The summed E-state index contributed by atoms with van der Waals surface area (Å²) in [5, 5.41) is 33.3. The normalized spacial score (nSPS) is 13.7. The second-order valence-electron chi connectivity index (χ2n) is 16.0. The lowest BCUT2D eigenvalue weighted by Crippen LogP contribution is -2.49. The molecule has 308 valence electrons. The third kappa shape index (κ3) is 37.2. The number of amides is 1. The van der Waals surface area contributed by atoms with E-state index in [9.17, 15) is 20.1 Å². The van der Waals surface area contributed by atoms with Gasteiger partial charge in [0.1, 0.15) is 6.10 Å². The third-order valence-corrected chi connectivity index (χ3v) is 10.9. The predicted molar refractivity (Wildman–Crippen MR) is 227 cm³/mol. The molecule has 4 N–H and O–H groups in total. The summed E-state index contributed by atoms with van der Waals surface area (Å²) < 4.78 is 0. The Morgan fingerprint density at radius 3 is 1.15 bits per heavy atom. The lowest BCUT2D eigenvalue weighted by atomic mass is 10.0. The zero-order valence-corrected chi connectivity index (χ0v) is 35.0. The summed E-state index contributed by atoms with van der Waals surface area (Å²) in [6.45, 7) is 4.20. The lowest BCUT2D eigenvalue weighted by Gasteiger charge is -2.23. The van der Waals surface area contributed by atoms with Crippen LogP contribution in [0.25, 0.3) is 0 Å². The molecule has 5 heteroatoms. The molecule has 0 bridgehead atoms. The molecule has 0 aromatic carbocycles. The Hall–Kier alpha value is -1.17. The van der Waals surface area contributed by atoms with Gasteiger partial charge in [-0.25, -0.2) is 0 Å². The molecule has 0 radical (unpaired) electrons. The molecule has 0 aromatic heterocycles. The molecule has 0 saturated carbocycles. The van der Waals surface area contributed by atoms with Crippen LogP contribution in [0, 0.1) is 0 Å². The molecule has 0 aliphatic rings. The fourth-order valence-corrected chi connectivity index (χ4v) is 7.18. The van der Waals surface area contributed by atoms with Gasteiger partial charge >= 0.3 is 0 Å². The molecule has 0 aromatic rings. The maximum Gasteiger partial charge on any atom is 0.249 e. The number of carbonyl (C=O) groups excluding carboxylic acids is 1. The number of allylic oxidation sites excluding steroid dienone is 4. The van der Waals surface area contributed by atoms with Crippen molar-refractivity contribution in [2.75, 3.05) is 6.61 Å². The highest BCUT2D eigenvalue weighted by Crippen LogP contribution is 2.17. The zero-order valence-electron chi connectivity index (χ0n) is 35.0. The van der Waals surface area contributed by atoms with E-state index >= 15 is 0 Å². The average Bonchev–Trinajstić information content (AvgIpc) is 3.15. The number of rotatable bonds is 42. The first kappa shape index (κ1) is 50.8. The minimum absolute atomic E-state index is 0.317. The molecule has 0 aliphatic heterocycles. The van der Waals surface area contributed by atoms with Crippen molar-refractivity contribution >= 4 is 5.91 Å². The zero-order chi connectivity index (χ0) is 38.0. The Morgan fingerprint density at radius 1 is 0.462 bits per heavy atom. The van der Waals surface area contributed by atoms with Gasteiger partial charge < -0.3 is 20.6 Å². The molecular formula is C47H91NO4. The predicted octanol–water partition coefficient (Wildman–Crippen LogP) is 13.4. The van der Waals surface area contributed by atoms with Gasteiger partial charge in [0.2, 0.25) is 5.91 Å². The van der Waals surface area contributed by atoms with Crippen LogP contribution in [-0.2, 0) is 4.79 Å². The molecule has 0 aliphatic carbocycles. The molecule has 0 fully saturated rings. The Balaban J connectivity index is 3.57. The van der Waals surface area contributed by atoms with Gasteiger partial charge in [0.25, 0.3) is 0 Å². The molecule has 3 atom stereocenters. The standard InChI is InChI=1S/C47H91NO4/c1-3-5-7-9-11-13-15-17-19-20-21-22-23-24-25-26-27-28-30-31-33-35-37-39-41-45(50)44(43-49)48-47(52)46(51)42-40-38-36-34-32-29-18-16-14-12-10-8-6-4-2/h12,14,16,18,44-46,49-51H,3-11,13,15,17,19-43H2,1-2H3,(H,48,52)/b14-12-,18-16-. The van der Waals surface area contributed by atoms with Gasteiger partial charge in [-0.3, -0.25) is 4.79 Å². The maximum atomic E-state index is 12.5. The van der Waals surface area contributed by atoms with Crippen LogP contribution < -0.4 is 5.32 Å². The molecule has 52 heavy (non-hydrogen) atoms. The van der Waals surface area contributed by atoms with Crippen LogP contribution in [0.4, 0.5) is 0 Å². The van der Waals surface area contributed by atoms with E-state index in [4.69, 9.17) is 0 Å². The quantitative estimate of drug-likeness (QED) is 0.0371. The molecule has 0 rings (SSSR count). The number of carbonyl (C=O) groups is 1. The van der Waals surface area contributed by atoms with Crippen LogP contribution in [0.15, 0.2) is 24.3 Å². The summed E-state index contributed by atoms with van der Waals surface area (Å²) in [4.78, 5) is 12.5. The molecule has 5 nitrogen and oxygen atoms in total. The van der Waals surface area contributed by atoms with Crippen molar-refractivity contribution in [1.82, 2.24) is 5.32 Å². The second kappa shape index (κ2) is 42.6. The molecule has 0 saturated heterocycles. The Labute approximate surface area is 324 Å². The van der Waals surface area contributed by atoms with Crippen molar-refractivity contribution in [3.05, 3.63) is 24.3 Å². The minimum Gasteiger partial charge on any atom is -0.394 e. The van der Waals surface area contributed by atoms with Crippen LogP contribution in [0.3, 0.4) is 0 Å². The van der Waals surface area contributed by atoms with Crippen LogP contribution in [0.2, 0.25) is 0 Å². The van der Waals surface area contributed by atoms with Crippen LogP contribution in [-0.4, -0.2) is 46.1 Å². The van der Waals surface area contributed by atoms with Gasteiger partial charge in [-0.15, -0.1) is 0 Å². The van der Waals surface area contributed by atoms with Gasteiger partial charge in [-0.05, 0) is 38.5 Å². The molecular weight excluding hydrogens is 643 g/mol. The van der Waals surface area contributed by atoms with Crippen molar-refractivity contribution in [2.45, 2.75) is 263 Å². The SMILES string of the molecule is CCCCC/C=C\C=C/CCCCCCCC(O)C(=O)NC(CO)C(O)CCCCCCCCCCCCCCCCCCCCCCCCCC. The fourth-order valence-electron chi connectivity index (χ4n) is 7.18. The highest BCUT2D eigenvalue weighted by molar-refractivity contribution is 5.80. The van der Waals surface area contributed by atoms with Crippen molar-refractivity contribution in [3.8, 4) is 0 Å². The van der Waals surface area contributed by atoms with Crippen LogP contribution in [0.5, 0.6) is 0 Å². The number of hydrogen-bond acceptors (Lipinski definition) is 4. The Morgan fingerprint density at radius 2 is 0.769 bits per heavy atom. The van der Waals surface area contributed by atoms with E-state index in [-0.39, 0.29) is 6.61 Å². The summed E-state index contributed by atoms with van der Waals surface area (Å²) >= 11 is 0. The van der Waals surface area contributed by atoms with Gasteiger partial charge in [-0.2, -0.15) is 0 Å². The lowest BCUT2D eigenvalue weighted by molar-refractivity contribution is -0.131. The van der Waals surface area contributed by atoms with E-state index in [0.29, 0.717) is 12.8 Å². The first-order valence-electron chi connectivity index (χ1n) is 23.2. The smallest absolute Gasteiger partial charge is 0.249 e. The average molecular weight is 734 g/mol. The van der Waals surface area contributed by atoms with Crippen molar-refractivity contribution in [2.24, 2.45) is 0 Å². The van der Waals surface area contributed by atoms with Crippen molar-refractivity contribution in [1.29, 1.82) is 0 Å². The number of aliphatic hydroxyl groups excluding tert-OH is 3. The summed E-state index contributed by atoms with van der Waals surface area (Å²) in [5.74, 6) is -0.481. The summed E-state index contributed by atoms with van der Waals surface area (Å²) in [7, 11) is 0. The van der Waals surface area contributed by atoms with Gasteiger partial charge in [0.05, 0.1) is 18.8 Å². The van der Waals surface area contributed by atoms with Crippen molar-refractivity contribution < 1.29 is 20.1 Å². The number of nitrogens with one attached hydrogen (secondary N) is 1. The first-order valence-corrected chi connectivity index (χ1v) is 23.2. The monoisotopic (exact) mass is 734 g/mol. The second-order valence-corrected chi connectivity index (χ2v) is 16.0. The summed E-state index contributed by atoms with van der Waals surface area (Å²) in [5.41, 5.74) is 0. The third-order valence-electron chi connectivity index (χ3n) is 10.9. The molecule has 0 heterocycles. The van der Waals surface area contributed by atoms with Crippen molar-refractivity contribution in [3.63, 3.8) is 0 Å². The largest absolute Gasteiger partial charge is 0.394 e. The molecule has 1 amide bonds. The maximum absolute atomic E-state index is 12.5. The van der Waals surface area contributed by atoms with E-state index in [1.165, 1.54) is 173 Å². The van der Waals surface area contributed by atoms with E-state index < -0.39 is 24.2 Å². The highest BCUT2D eigenvalue weighted by Gasteiger charge is 2.23.